The fourth-order valence-electron chi connectivity index (χ4n) is 2.21. The van der Waals surface area contributed by atoms with Crippen molar-refractivity contribution < 1.29 is 4.79 Å². The van der Waals surface area contributed by atoms with Crippen molar-refractivity contribution >= 4 is 57.5 Å². The van der Waals surface area contributed by atoms with Crippen LogP contribution in [0.2, 0.25) is 10.0 Å². The van der Waals surface area contributed by atoms with Gasteiger partial charge in [0, 0.05) is 15.7 Å². The largest absolute Gasteiger partial charge is 0.325 e. The third kappa shape index (κ3) is 4.34. The Hall–Kier alpha value is -2.02. The predicted octanol–water partition coefficient (Wildman–Crippen LogP) is 4.35. The van der Waals surface area contributed by atoms with Crippen LogP contribution < -0.4 is 10.9 Å². The first-order valence-corrected chi connectivity index (χ1v) is 8.98. The zero-order chi connectivity index (χ0) is 18.0. The lowest BCUT2D eigenvalue weighted by Crippen LogP contribution is -2.23. The fraction of sp³-hybridized carbons (Fsp3) is 0.118. The number of nitrogens with zero attached hydrogens (tertiary/aromatic N) is 1. The molecule has 1 aromatic heterocycles. The molecule has 0 aliphatic heterocycles. The molecule has 2 aromatic carbocycles. The molecular formula is C17H13Cl2N3O2S. The van der Waals surface area contributed by atoms with E-state index in [0.717, 1.165) is 11.8 Å². The smallest absolute Gasteiger partial charge is 0.259 e. The van der Waals surface area contributed by atoms with E-state index in [1.54, 1.807) is 43.3 Å². The molecular weight excluding hydrogens is 381 g/mol. The quantitative estimate of drug-likeness (QED) is 0.510. The normalized spacial score (nSPS) is 12.1. The van der Waals surface area contributed by atoms with E-state index < -0.39 is 5.25 Å². The maximum absolute atomic E-state index is 12.4. The second-order valence-electron chi connectivity index (χ2n) is 5.30. The van der Waals surface area contributed by atoms with Crippen molar-refractivity contribution in [2.45, 2.75) is 17.3 Å². The number of benzene rings is 2. The van der Waals surface area contributed by atoms with E-state index in [0.29, 0.717) is 31.8 Å². The van der Waals surface area contributed by atoms with E-state index in [9.17, 15) is 9.59 Å². The van der Waals surface area contributed by atoms with Crippen LogP contribution in [0.5, 0.6) is 0 Å². The Labute approximate surface area is 157 Å². The Morgan fingerprint density at radius 1 is 1.20 bits per heavy atom. The number of rotatable bonds is 4. The minimum atomic E-state index is -0.484. The minimum Gasteiger partial charge on any atom is -0.325 e. The van der Waals surface area contributed by atoms with Crippen LogP contribution in [0, 0.1) is 0 Å². The lowest BCUT2D eigenvalue weighted by molar-refractivity contribution is -0.115. The van der Waals surface area contributed by atoms with Gasteiger partial charge in [-0.05, 0) is 37.3 Å². The van der Waals surface area contributed by atoms with Crippen LogP contribution in [-0.2, 0) is 4.79 Å². The van der Waals surface area contributed by atoms with E-state index in [1.165, 1.54) is 0 Å². The van der Waals surface area contributed by atoms with Crippen LogP contribution in [0.1, 0.15) is 6.92 Å². The summed E-state index contributed by atoms with van der Waals surface area (Å²) in [6.07, 6.45) is 0. The summed E-state index contributed by atoms with van der Waals surface area (Å²) in [5, 5.41) is 4.03. The molecule has 1 heterocycles. The van der Waals surface area contributed by atoms with E-state index in [4.69, 9.17) is 23.2 Å². The Morgan fingerprint density at radius 3 is 2.60 bits per heavy atom. The minimum absolute atomic E-state index is 0.234. The summed E-state index contributed by atoms with van der Waals surface area (Å²) in [6.45, 7) is 1.72. The van der Waals surface area contributed by atoms with Crippen LogP contribution in [0.15, 0.2) is 52.4 Å². The second-order valence-corrected chi connectivity index (χ2v) is 7.50. The zero-order valence-corrected chi connectivity index (χ0v) is 15.4. The van der Waals surface area contributed by atoms with Crippen LogP contribution in [0.3, 0.4) is 0 Å². The highest BCUT2D eigenvalue weighted by molar-refractivity contribution is 8.00. The first-order valence-electron chi connectivity index (χ1n) is 7.35. The number of fused-ring (bicyclic) bond motifs is 1. The van der Waals surface area contributed by atoms with Gasteiger partial charge in [0.1, 0.15) is 0 Å². The summed E-state index contributed by atoms with van der Waals surface area (Å²) in [7, 11) is 0. The summed E-state index contributed by atoms with van der Waals surface area (Å²) in [5.74, 6) is -0.251. The molecule has 128 valence electrons. The number of para-hydroxylation sites is 1. The number of hydrogen-bond donors (Lipinski definition) is 2. The maximum atomic E-state index is 12.4. The average molecular weight is 394 g/mol. The first-order chi connectivity index (χ1) is 11.9. The van der Waals surface area contributed by atoms with E-state index in [1.807, 2.05) is 6.07 Å². The molecule has 5 nitrogen and oxygen atoms in total. The highest BCUT2D eigenvalue weighted by Gasteiger charge is 2.17. The van der Waals surface area contributed by atoms with Gasteiger partial charge in [-0.3, -0.25) is 9.59 Å². The monoisotopic (exact) mass is 393 g/mol. The molecule has 2 N–H and O–H groups in total. The average Bonchev–Trinajstić information content (AvgIpc) is 2.53. The highest BCUT2D eigenvalue weighted by Crippen LogP contribution is 2.25. The number of amides is 1. The van der Waals surface area contributed by atoms with Crippen molar-refractivity contribution in [3.05, 3.63) is 62.9 Å². The van der Waals surface area contributed by atoms with Crippen LogP contribution >= 0.6 is 35.0 Å². The van der Waals surface area contributed by atoms with Gasteiger partial charge in [0.2, 0.25) is 5.91 Å². The summed E-state index contributed by atoms with van der Waals surface area (Å²) in [4.78, 5) is 31.5. The van der Waals surface area contributed by atoms with Gasteiger partial charge in [0.05, 0.1) is 16.2 Å². The summed E-state index contributed by atoms with van der Waals surface area (Å²) in [6, 6.07) is 11.8. The van der Waals surface area contributed by atoms with Crippen molar-refractivity contribution in [2.75, 3.05) is 5.32 Å². The maximum Gasteiger partial charge on any atom is 0.259 e. The van der Waals surface area contributed by atoms with Crippen molar-refractivity contribution in [1.29, 1.82) is 0 Å². The third-order valence-corrected chi connectivity index (χ3v) is 4.80. The number of carbonyl (C=O) groups excluding carboxylic acids is 1. The molecule has 3 rings (SSSR count). The molecule has 25 heavy (non-hydrogen) atoms. The number of hydrogen-bond acceptors (Lipinski definition) is 4. The van der Waals surface area contributed by atoms with Crippen molar-refractivity contribution in [2.24, 2.45) is 0 Å². The molecule has 1 amide bonds. The van der Waals surface area contributed by atoms with Gasteiger partial charge < -0.3 is 10.3 Å². The number of halogens is 2. The van der Waals surface area contributed by atoms with E-state index >= 15 is 0 Å². The molecule has 8 heteroatoms. The molecule has 3 aromatic rings. The summed E-state index contributed by atoms with van der Waals surface area (Å²) >= 11 is 13.0. The van der Waals surface area contributed by atoms with E-state index in [-0.39, 0.29) is 11.5 Å². The molecule has 0 fully saturated rings. The lowest BCUT2D eigenvalue weighted by atomic mass is 10.2. The Kier molecular flexibility index (Phi) is 5.32. The van der Waals surface area contributed by atoms with E-state index in [2.05, 4.69) is 15.3 Å². The number of nitrogens with one attached hydrogen (secondary N) is 2. The Balaban J connectivity index is 1.76. The van der Waals surface area contributed by atoms with Gasteiger partial charge >= 0.3 is 0 Å². The Bertz CT molecular complexity index is 986. The Morgan fingerprint density at radius 2 is 1.88 bits per heavy atom. The number of anilines is 1. The van der Waals surface area contributed by atoms with Crippen molar-refractivity contribution in [3.63, 3.8) is 0 Å². The zero-order valence-electron chi connectivity index (χ0n) is 13.0. The first kappa shape index (κ1) is 17.8. The van der Waals surface area contributed by atoms with Crippen LogP contribution in [0.4, 0.5) is 5.69 Å². The molecule has 0 spiro atoms. The molecule has 0 saturated heterocycles. The number of H-pyrrole nitrogens is 1. The van der Waals surface area contributed by atoms with Crippen LogP contribution in [-0.4, -0.2) is 21.1 Å². The summed E-state index contributed by atoms with van der Waals surface area (Å²) < 4.78 is 0. The number of aromatic amines is 1. The molecule has 0 saturated carbocycles. The third-order valence-electron chi connectivity index (χ3n) is 3.38. The number of carbonyl (C=O) groups is 1. The van der Waals surface area contributed by atoms with Gasteiger partial charge in [-0.2, -0.15) is 0 Å². The second kappa shape index (κ2) is 7.47. The predicted molar refractivity (Wildman–Crippen MR) is 103 cm³/mol. The molecule has 0 bridgehead atoms. The summed E-state index contributed by atoms with van der Waals surface area (Å²) in [5.41, 5.74) is 0.861. The van der Waals surface area contributed by atoms with Crippen molar-refractivity contribution in [3.8, 4) is 0 Å². The number of thioether (sulfide) groups is 1. The van der Waals surface area contributed by atoms with Gasteiger partial charge in [-0.25, -0.2) is 4.98 Å². The van der Waals surface area contributed by atoms with Gasteiger partial charge in [-0.15, -0.1) is 0 Å². The van der Waals surface area contributed by atoms with Gasteiger partial charge in [0.25, 0.3) is 5.56 Å². The lowest BCUT2D eigenvalue weighted by Gasteiger charge is -2.12. The molecule has 0 aliphatic carbocycles. The standard InChI is InChI=1S/C17H13Cl2N3O2S/c1-9(15(23)20-12-7-10(18)6-11(19)8-12)25-17-21-14-5-3-2-4-13(14)16(24)22-17/h2-9H,1H3,(H,20,23)(H,21,22,24). The molecule has 0 radical (unpaired) electrons. The van der Waals surface area contributed by atoms with Gasteiger partial charge in [-0.1, -0.05) is 47.1 Å². The molecule has 1 atom stereocenters. The fourth-order valence-corrected chi connectivity index (χ4v) is 3.54. The SMILES string of the molecule is CC(Sc1nc2ccccc2c(=O)[nH]1)C(=O)Nc1cc(Cl)cc(Cl)c1. The molecule has 0 aliphatic rings. The van der Waals surface area contributed by atoms with Gasteiger partial charge in [0.15, 0.2) is 5.16 Å². The van der Waals surface area contributed by atoms with Crippen molar-refractivity contribution in [1.82, 2.24) is 9.97 Å². The highest BCUT2D eigenvalue weighted by atomic mass is 35.5. The topological polar surface area (TPSA) is 74.8 Å². The van der Waals surface area contributed by atoms with Crippen LogP contribution in [0.25, 0.3) is 10.9 Å². The molecule has 1 unspecified atom stereocenters. The number of aromatic nitrogens is 2.